The summed E-state index contributed by atoms with van der Waals surface area (Å²) >= 11 is 0. The van der Waals surface area contributed by atoms with E-state index >= 15 is 0 Å². The maximum Gasteiger partial charge on any atom is 0.295 e. The number of aliphatic hydroxyl groups is 1. The van der Waals surface area contributed by atoms with Gasteiger partial charge in [-0.3, -0.25) is 9.59 Å². The van der Waals surface area contributed by atoms with Gasteiger partial charge in [0.05, 0.1) is 18.2 Å². The third-order valence-electron chi connectivity index (χ3n) is 6.27. The maximum atomic E-state index is 13.3. The number of Topliss-reactive ketones (excluding diaryl/α,β-unsaturated/α-hetero) is 1. The van der Waals surface area contributed by atoms with E-state index in [1.54, 1.807) is 19.1 Å². The molecule has 1 amide bonds. The first-order chi connectivity index (χ1) is 16.8. The zero-order chi connectivity index (χ0) is 25.1. The van der Waals surface area contributed by atoms with Crippen LogP contribution in [0.3, 0.4) is 0 Å². The summed E-state index contributed by atoms with van der Waals surface area (Å²) in [5, 5.41) is 21.6. The highest BCUT2D eigenvalue weighted by Gasteiger charge is 2.46. The maximum absolute atomic E-state index is 13.3. The molecule has 1 atom stereocenters. The second-order valence-electron chi connectivity index (χ2n) is 8.71. The summed E-state index contributed by atoms with van der Waals surface area (Å²) in [5.74, 6) is -1.38. The summed E-state index contributed by atoms with van der Waals surface area (Å²) in [6.07, 6.45) is 0.546. The lowest BCUT2D eigenvalue weighted by atomic mass is 9.93. The van der Waals surface area contributed by atoms with E-state index in [9.17, 15) is 19.8 Å². The van der Waals surface area contributed by atoms with Gasteiger partial charge in [0.2, 0.25) is 0 Å². The SMILES string of the molecule is CCOc1cc(C2/C(=C(/O)c3cc(C)ccc3C)C(=O)C(=O)N2CCc2ccccc2)ccc1O. The second kappa shape index (κ2) is 10.1. The number of phenolic OH excluding ortho intramolecular Hbond substituents is 1. The van der Waals surface area contributed by atoms with Crippen LogP contribution in [0.5, 0.6) is 11.5 Å². The van der Waals surface area contributed by atoms with Crippen LogP contribution in [-0.4, -0.2) is 40.0 Å². The van der Waals surface area contributed by atoms with Gasteiger partial charge in [-0.1, -0.05) is 54.1 Å². The molecule has 180 valence electrons. The summed E-state index contributed by atoms with van der Waals surface area (Å²) < 4.78 is 5.55. The minimum Gasteiger partial charge on any atom is -0.507 e. The van der Waals surface area contributed by atoms with Gasteiger partial charge in [-0.25, -0.2) is 0 Å². The summed E-state index contributed by atoms with van der Waals surface area (Å²) in [6, 6.07) is 19.3. The van der Waals surface area contributed by atoms with Gasteiger partial charge in [0.25, 0.3) is 11.7 Å². The molecule has 1 aliphatic heterocycles. The first kappa shape index (κ1) is 24.1. The lowest BCUT2D eigenvalue weighted by molar-refractivity contribution is -0.139. The van der Waals surface area contributed by atoms with Crippen molar-refractivity contribution in [2.45, 2.75) is 33.2 Å². The second-order valence-corrected chi connectivity index (χ2v) is 8.71. The third-order valence-corrected chi connectivity index (χ3v) is 6.27. The largest absolute Gasteiger partial charge is 0.507 e. The fourth-order valence-electron chi connectivity index (χ4n) is 4.46. The first-order valence-corrected chi connectivity index (χ1v) is 11.7. The Morgan fingerprint density at radius 3 is 2.46 bits per heavy atom. The highest BCUT2D eigenvalue weighted by atomic mass is 16.5. The number of ether oxygens (including phenoxy) is 1. The molecule has 0 spiro atoms. The predicted molar refractivity (Wildman–Crippen MR) is 134 cm³/mol. The minimum absolute atomic E-state index is 0.0323. The Hall–Kier alpha value is -4.06. The normalized spacial score (nSPS) is 17.1. The van der Waals surface area contributed by atoms with Crippen molar-refractivity contribution < 1.29 is 24.5 Å². The average Bonchev–Trinajstić information content (AvgIpc) is 3.11. The molecule has 1 heterocycles. The van der Waals surface area contributed by atoms with Crippen LogP contribution < -0.4 is 4.74 Å². The summed E-state index contributed by atoms with van der Waals surface area (Å²) in [7, 11) is 0. The molecule has 0 radical (unpaired) electrons. The van der Waals surface area contributed by atoms with Crippen molar-refractivity contribution in [2.24, 2.45) is 0 Å². The Labute approximate surface area is 205 Å². The van der Waals surface area contributed by atoms with E-state index in [0.29, 0.717) is 24.2 Å². The number of rotatable bonds is 7. The molecular formula is C29H29NO5. The number of aromatic hydroxyl groups is 1. The molecule has 3 aromatic carbocycles. The van der Waals surface area contributed by atoms with Gasteiger partial charge in [0, 0.05) is 12.1 Å². The first-order valence-electron chi connectivity index (χ1n) is 11.7. The molecular weight excluding hydrogens is 442 g/mol. The van der Waals surface area contributed by atoms with E-state index in [4.69, 9.17) is 4.74 Å². The summed E-state index contributed by atoms with van der Waals surface area (Å²) in [6.45, 7) is 6.18. The predicted octanol–water partition coefficient (Wildman–Crippen LogP) is 5.07. The quantitative estimate of drug-likeness (QED) is 0.285. The lowest BCUT2D eigenvalue weighted by Gasteiger charge is -2.26. The van der Waals surface area contributed by atoms with Gasteiger partial charge in [-0.05, 0) is 62.1 Å². The van der Waals surface area contributed by atoms with Crippen LogP contribution in [0.15, 0.2) is 72.3 Å². The van der Waals surface area contributed by atoms with E-state index in [0.717, 1.165) is 16.7 Å². The molecule has 0 aromatic heterocycles. The van der Waals surface area contributed by atoms with Crippen LogP contribution in [0.4, 0.5) is 0 Å². The molecule has 0 bridgehead atoms. The van der Waals surface area contributed by atoms with Gasteiger partial charge in [0.15, 0.2) is 11.5 Å². The minimum atomic E-state index is -0.821. The molecule has 0 aliphatic carbocycles. The molecule has 4 rings (SSSR count). The number of phenols is 1. The molecule has 1 aliphatic rings. The van der Waals surface area contributed by atoms with E-state index in [1.165, 1.54) is 11.0 Å². The number of carbonyl (C=O) groups excluding carboxylic acids is 2. The number of nitrogens with zero attached hydrogens (tertiary/aromatic N) is 1. The van der Waals surface area contributed by atoms with Gasteiger partial charge < -0.3 is 19.8 Å². The van der Waals surface area contributed by atoms with E-state index in [1.807, 2.05) is 62.4 Å². The Morgan fingerprint density at radius 2 is 1.74 bits per heavy atom. The number of ketones is 1. The number of likely N-dealkylation sites (tertiary alicyclic amines) is 1. The number of carbonyl (C=O) groups is 2. The van der Waals surface area contributed by atoms with E-state index < -0.39 is 17.7 Å². The van der Waals surface area contributed by atoms with Crippen LogP contribution in [0.2, 0.25) is 0 Å². The van der Waals surface area contributed by atoms with Crippen LogP contribution in [0, 0.1) is 13.8 Å². The molecule has 0 saturated carbocycles. The fourth-order valence-corrected chi connectivity index (χ4v) is 4.46. The van der Waals surface area contributed by atoms with Crippen LogP contribution in [0.1, 0.15) is 40.8 Å². The fraction of sp³-hybridized carbons (Fsp3) is 0.241. The van der Waals surface area contributed by atoms with Crippen LogP contribution >= 0.6 is 0 Å². The van der Waals surface area contributed by atoms with E-state index in [2.05, 4.69) is 0 Å². The molecule has 1 unspecified atom stereocenters. The van der Waals surface area contributed by atoms with Crippen molar-refractivity contribution in [1.29, 1.82) is 0 Å². The zero-order valence-corrected chi connectivity index (χ0v) is 20.1. The lowest BCUT2D eigenvalue weighted by Crippen LogP contribution is -2.31. The van der Waals surface area contributed by atoms with Crippen molar-refractivity contribution in [2.75, 3.05) is 13.2 Å². The van der Waals surface area contributed by atoms with Crippen molar-refractivity contribution >= 4 is 17.4 Å². The Kier molecular flexibility index (Phi) is 6.92. The molecule has 1 fully saturated rings. The summed E-state index contributed by atoms with van der Waals surface area (Å²) in [4.78, 5) is 28.0. The molecule has 1 saturated heterocycles. The van der Waals surface area contributed by atoms with Gasteiger partial charge in [0.1, 0.15) is 5.76 Å². The average molecular weight is 472 g/mol. The third kappa shape index (κ3) is 4.78. The highest BCUT2D eigenvalue weighted by Crippen LogP contribution is 2.42. The molecule has 2 N–H and O–H groups in total. The topological polar surface area (TPSA) is 87.1 Å². The number of amides is 1. The number of hydrogen-bond donors (Lipinski definition) is 2. The molecule has 35 heavy (non-hydrogen) atoms. The van der Waals surface area contributed by atoms with Crippen LogP contribution in [0.25, 0.3) is 5.76 Å². The van der Waals surface area contributed by atoms with Gasteiger partial charge >= 0.3 is 0 Å². The van der Waals surface area contributed by atoms with Crippen molar-refractivity contribution in [1.82, 2.24) is 4.90 Å². The molecule has 6 nitrogen and oxygen atoms in total. The Balaban J connectivity index is 1.85. The van der Waals surface area contributed by atoms with Gasteiger partial charge in [-0.2, -0.15) is 0 Å². The number of aliphatic hydroxyl groups excluding tert-OH is 1. The Morgan fingerprint density at radius 1 is 1.00 bits per heavy atom. The van der Waals surface area contributed by atoms with Crippen LogP contribution in [-0.2, 0) is 16.0 Å². The Bertz CT molecular complexity index is 1300. The monoisotopic (exact) mass is 471 g/mol. The number of hydrogen-bond acceptors (Lipinski definition) is 5. The summed E-state index contributed by atoms with van der Waals surface area (Å²) in [5.41, 5.74) is 3.87. The van der Waals surface area contributed by atoms with Crippen molar-refractivity contribution in [3.8, 4) is 11.5 Å². The molecule has 3 aromatic rings. The zero-order valence-electron chi connectivity index (χ0n) is 20.1. The van der Waals surface area contributed by atoms with Gasteiger partial charge in [-0.15, -0.1) is 0 Å². The number of benzene rings is 3. The molecule has 6 heteroatoms. The standard InChI is InChI=1S/C29H29NO5/c1-4-35-24-17-21(12-13-23(24)31)26-25(27(32)22-16-18(2)10-11-19(22)3)28(33)29(34)30(26)15-14-20-8-6-5-7-9-20/h5-13,16-17,26,31-32H,4,14-15H2,1-3H3/b27-25-. The van der Waals surface area contributed by atoms with Crippen molar-refractivity contribution in [3.05, 3.63) is 100 Å². The highest BCUT2D eigenvalue weighted by molar-refractivity contribution is 6.46. The smallest absolute Gasteiger partial charge is 0.295 e. The van der Waals surface area contributed by atoms with Crippen molar-refractivity contribution in [3.63, 3.8) is 0 Å². The number of aryl methyl sites for hydroxylation is 2. The van der Waals surface area contributed by atoms with E-state index in [-0.39, 0.29) is 29.4 Å².